The Morgan fingerprint density at radius 1 is 1.00 bits per heavy atom. The average Bonchev–Trinajstić information content (AvgIpc) is 3.68. The molecular weight excluding hydrogens is 476 g/mol. The van der Waals surface area contributed by atoms with Crippen LogP contribution in [-0.2, 0) is 11.3 Å². The van der Waals surface area contributed by atoms with E-state index >= 15 is 0 Å². The summed E-state index contributed by atoms with van der Waals surface area (Å²) >= 11 is 0. The Balaban J connectivity index is 1.12. The molecule has 4 aromatic rings. The minimum atomic E-state index is -2.61. The summed E-state index contributed by atoms with van der Waals surface area (Å²) < 4.78 is 26.1. The quantitative estimate of drug-likeness (QED) is 0.378. The Kier molecular flexibility index (Phi) is 6.25. The summed E-state index contributed by atoms with van der Waals surface area (Å²) in [5.74, 6) is 1.83. The van der Waals surface area contributed by atoms with Crippen LogP contribution in [0.2, 0.25) is 0 Å². The second kappa shape index (κ2) is 9.85. The molecule has 1 aromatic carbocycles. The molecule has 1 aliphatic heterocycles. The first-order valence-corrected chi connectivity index (χ1v) is 12.5. The number of alkyl halides is 2. The molecule has 190 valence electrons. The van der Waals surface area contributed by atoms with E-state index in [-0.39, 0.29) is 11.6 Å². The number of nitrogens with zero attached hydrogens (tertiary/aromatic N) is 5. The number of piperazine rings is 1. The van der Waals surface area contributed by atoms with Gasteiger partial charge in [0, 0.05) is 51.0 Å². The molecule has 2 fully saturated rings. The number of carbonyl (C=O) groups excluding carboxylic acids is 1. The van der Waals surface area contributed by atoms with Crippen molar-refractivity contribution in [2.45, 2.75) is 25.8 Å². The Labute approximate surface area is 212 Å². The first kappa shape index (κ1) is 23.5. The fourth-order valence-electron chi connectivity index (χ4n) is 4.73. The molecule has 6 rings (SSSR count). The first-order valence-electron chi connectivity index (χ1n) is 12.5. The summed E-state index contributed by atoms with van der Waals surface area (Å²) in [7, 11) is 0. The van der Waals surface area contributed by atoms with Gasteiger partial charge in [-0.2, -0.15) is 0 Å². The number of imidazole rings is 1. The monoisotopic (exact) mass is 503 g/mol. The van der Waals surface area contributed by atoms with Crippen molar-refractivity contribution in [3.63, 3.8) is 0 Å². The highest BCUT2D eigenvalue weighted by Crippen LogP contribution is 2.31. The number of nitrogens with one attached hydrogen (secondary N) is 2. The van der Waals surface area contributed by atoms with Crippen molar-refractivity contribution in [1.29, 1.82) is 0 Å². The molecule has 0 atom stereocenters. The number of halogens is 2. The molecule has 0 radical (unpaired) electrons. The molecular formula is C27H27F2N7O. The number of rotatable bonds is 7. The first-order chi connectivity index (χ1) is 18.0. The highest BCUT2D eigenvalue weighted by molar-refractivity contribution is 5.84. The zero-order chi connectivity index (χ0) is 25.4. The highest BCUT2D eigenvalue weighted by atomic mass is 19.3. The van der Waals surface area contributed by atoms with Gasteiger partial charge in [-0.05, 0) is 65.9 Å². The van der Waals surface area contributed by atoms with Crippen LogP contribution in [0.4, 0.5) is 20.5 Å². The number of aromatic nitrogens is 4. The lowest BCUT2D eigenvalue weighted by molar-refractivity contribution is -0.134. The molecule has 1 aliphatic carbocycles. The summed E-state index contributed by atoms with van der Waals surface area (Å²) in [5.41, 5.74) is 3.89. The van der Waals surface area contributed by atoms with Crippen molar-refractivity contribution in [2.24, 2.45) is 5.92 Å². The van der Waals surface area contributed by atoms with Crippen LogP contribution in [-0.4, -0.2) is 61.8 Å². The van der Waals surface area contributed by atoms with Gasteiger partial charge in [-0.3, -0.25) is 14.7 Å². The van der Waals surface area contributed by atoms with Crippen LogP contribution >= 0.6 is 0 Å². The van der Waals surface area contributed by atoms with Gasteiger partial charge in [0.2, 0.25) is 11.9 Å². The van der Waals surface area contributed by atoms with Gasteiger partial charge < -0.3 is 15.2 Å². The molecule has 0 bridgehead atoms. The van der Waals surface area contributed by atoms with Crippen LogP contribution in [0.1, 0.15) is 30.5 Å². The van der Waals surface area contributed by atoms with Gasteiger partial charge in [-0.1, -0.05) is 6.07 Å². The smallest absolute Gasteiger partial charge is 0.280 e. The average molecular weight is 504 g/mol. The molecule has 2 aliphatic rings. The van der Waals surface area contributed by atoms with Gasteiger partial charge in [0.1, 0.15) is 11.5 Å². The highest BCUT2D eigenvalue weighted by Gasteiger charge is 2.34. The molecule has 4 heterocycles. The van der Waals surface area contributed by atoms with Gasteiger partial charge in [-0.25, -0.2) is 18.7 Å². The number of anilines is 2. The maximum Gasteiger partial charge on any atom is 0.280 e. The van der Waals surface area contributed by atoms with Gasteiger partial charge in [0.15, 0.2) is 0 Å². The second-order valence-corrected chi connectivity index (χ2v) is 9.64. The van der Waals surface area contributed by atoms with Crippen LogP contribution in [0.3, 0.4) is 0 Å². The molecule has 1 saturated carbocycles. The number of pyridine rings is 2. The minimum absolute atomic E-state index is 0.246. The van der Waals surface area contributed by atoms with Crippen LogP contribution < -0.4 is 5.32 Å². The summed E-state index contributed by atoms with van der Waals surface area (Å²) in [6.45, 7) is 4.10. The predicted molar refractivity (Wildman–Crippen MR) is 136 cm³/mol. The number of hydrogen-bond acceptors (Lipinski definition) is 6. The van der Waals surface area contributed by atoms with Crippen LogP contribution in [0.5, 0.6) is 0 Å². The van der Waals surface area contributed by atoms with E-state index in [2.05, 4.69) is 30.2 Å². The standard InChI is InChI=1S/C27H27F2N7O/c28-25(29)23-15-20(6-8-30-23)19-3-4-21-22(14-19)33-27(32-21)34-24-13-17(5-7-31-24)16-35-9-11-36(12-10-35)26(37)18-1-2-18/h3-8,13-15,18,25H,1-2,9-12,16H2,(H2,31,32,33,34). The Morgan fingerprint density at radius 2 is 1.78 bits per heavy atom. The number of aromatic amines is 1. The van der Waals surface area contributed by atoms with E-state index in [1.54, 1.807) is 12.3 Å². The molecule has 0 spiro atoms. The zero-order valence-corrected chi connectivity index (χ0v) is 20.2. The minimum Gasteiger partial charge on any atom is -0.340 e. The van der Waals surface area contributed by atoms with Crippen LogP contribution in [0.15, 0.2) is 54.9 Å². The molecule has 3 aromatic heterocycles. The summed E-state index contributed by atoms with van der Waals surface area (Å²) in [6.07, 6.45) is 2.65. The number of hydrogen-bond donors (Lipinski definition) is 2. The lowest BCUT2D eigenvalue weighted by atomic mass is 10.1. The summed E-state index contributed by atoms with van der Waals surface area (Å²) in [5, 5.41) is 3.24. The van der Waals surface area contributed by atoms with Crippen molar-refractivity contribution >= 4 is 28.7 Å². The fraction of sp³-hybridized carbons (Fsp3) is 0.333. The van der Waals surface area contributed by atoms with Crippen LogP contribution in [0.25, 0.3) is 22.2 Å². The van der Waals surface area contributed by atoms with E-state index in [1.807, 2.05) is 35.2 Å². The van der Waals surface area contributed by atoms with Crippen molar-refractivity contribution in [3.05, 3.63) is 66.1 Å². The number of benzene rings is 1. The molecule has 1 amide bonds. The van der Waals surface area contributed by atoms with E-state index in [4.69, 9.17) is 0 Å². The van der Waals surface area contributed by atoms with E-state index in [0.717, 1.165) is 67.7 Å². The lowest BCUT2D eigenvalue weighted by Gasteiger charge is -2.34. The van der Waals surface area contributed by atoms with E-state index < -0.39 is 6.43 Å². The van der Waals surface area contributed by atoms with Gasteiger partial charge in [0.25, 0.3) is 6.43 Å². The Bertz CT molecular complexity index is 1430. The van der Waals surface area contributed by atoms with Crippen molar-refractivity contribution < 1.29 is 13.6 Å². The predicted octanol–water partition coefficient (Wildman–Crippen LogP) is 4.76. The SMILES string of the molecule is O=C(C1CC1)N1CCN(Cc2ccnc(Nc3nc4ccc(-c5ccnc(C(F)F)c5)cc4[nH]3)c2)CC1. The third-order valence-corrected chi connectivity index (χ3v) is 6.91. The zero-order valence-electron chi connectivity index (χ0n) is 20.2. The largest absolute Gasteiger partial charge is 0.340 e. The molecule has 8 nitrogen and oxygen atoms in total. The third kappa shape index (κ3) is 5.29. The topological polar surface area (TPSA) is 90.0 Å². The van der Waals surface area contributed by atoms with Gasteiger partial charge in [-0.15, -0.1) is 0 Å². The Morgan fingerprint density at radius 3 is 2.57 bits per heavy atom. The van der Waals surface area contributed by atoms with E-state index in [0.29, 0.717) is 23.2 Å². The maximum absolute atomic E-state index is 13.0. The molecule has 0 unspecified atom stereocenters. The molecule has 37 heavy (non-hydrogen) atoms. The fourth-order valence-corrected chi connectivity index (χ4v) is 4.73. The third-order valence-electron chi connectivity index (χ3n) is 6.91. The number of H-pyrrole nitrogens is 1. The summed E-state index contributed by atoms with van der Waals surface area (Å²) in [4.78, 5) is 32.7. The van der Waals surface area contributed by atoms with Crippen molar-refractivity contribution in [2.75, 3.05) is 31.5 Å². The van der Waals surface area contributed by atoms with Crippen molar-refractivity contribution in [1.82, 2.24) is 29.7 Å². The van der Waals surface area contributed by atoms with Crippen LogP contribution in [0, 0.1) is 5.92 Å². The maximum atomic E-state index is 13.0. The second-order valence-electron chi connectivity index (χ2n) is 9.64. The van der Waals surface area contributed by atoms with E-state index in [1.165, 1.54) is 12.3 Å². The lowest BCUT2D eigenvalue weighted by Crippen LogP contribution is -2.48. The summed E-state index contributed by atoms with van der Waals surface area (Å²) in [6, 6.07) is 12.7. The molecule has 10 heteroatoms. The normalized spacial score (nSPS) is 16.5. The number of amides is 1. The number of fused-ring (bicyclic) bond motifs is 1. The van der Waals surface area contributed by atoms with E-state index in [9.17, 15) is 13.6 Å². The molecule has 1 saturated heterocycles. The van der Waals surface area contributed by atoms with Crippen molar-refractivity contribution in [3.8, 4) is 11.1 Å². The number of carbonyl (C=O) groups is 1. The molecule has 2 N–H and O–H groups in total. The van der Waals surface area contributed by atoms with Gasteiger partial charge in [0.05, 0.1) is 11.0 Å². The van der Waals surface area contributed by atoms with Gasteiger partial charge >= 0.3 is 0 Å². The Hall–Kier alpha value is -3.92.